The standard InChI is InChI=1S/C8H4Cl2O2.C5H11Cl/c9-7(11)5-1-2-6(4-3-5)8(10)12;1-2-3-4-5-6/h1-4H;2-5H2,1H3. The lowest BCUT2D eigenvalue weighted by atomic mass is 10.2. The molecule has 0 aliphatic rings. The Morgan fingerprint density at radius 1 is 0.944 bits per heavy atom. The first-order valence-electron chi connectivity index (χ1n) is 5.58. The van der Waals surface area contributed by atoms with Gasteiger partial charge in [0.15, 0.2) is 0 Å². The lowest BCUT2D eigenvalue weighted by Gasteiger charge is -1.94. The zero-order chi connectivity index (χ0) is 14.0. The molecule has 0 heterocycles. The summed E-state index contributed by atoms with van der Waals surface area (Å²) in [6.45, 7) is 2.17. The molecule has 0 aromatic heterocycles. The minimum Gasteiger partial charge on any atom is -0.276 e. The first-order valence-corrected chi connectivity index (χ1v) is 6.87. The molecule has 1 aromatic carbocycles. The van der Waals surface area contributed by atoms with Gasteiger partial charge < -0.3 is 0 Å². The quantitative estimate of drug-likeness (QED) is 0.442. The van der Waals surface area contributed by atoms with Crippen LogP contribution in [0, 0.1) is 0 Å². The number of rotatable bonds is 5. The van der Waals surface area contributed by atoms with Gasteiger partial charge in [-0.15, -0.1) is 11.6 Å². The maximum Gasteiger partial charge on any atom is 0.252 e. The lowest BCUT2D eigenvalue weighted by molar-refractivity contribution is 0.107. The van der Waals surface area contributed by atoms with Crippen LogP contribution >= 0.6 is 34.8 Å². The van der Waals surface area contributed by atoms with Crippen molar-refractivity contribution in [3.05, 3.63) is 35.4 Å². The lowest BCUT2D eigenvalue weighted by Crippen LogP contribution is -1.92. The van der Waals surface area contributed by atoms with Crippen molar-refractivity contribution in [1.82, 2.24) is 0 Å². The van der Waals surface area contributed by atoms with Gasteiger partial charge in [0, 0.05) is 17.0 Å². The zero-order valence-corrected chi connectivity index (χ0v) is 12.4. The third kappa shape index (κ3) is 7.70. The van der Waals surface area contributed by atoms with Crippen molar-refractivity contribution in [2.45, 2.75) is 26.2 Å². The maximum atomic E-state index is 10.6. The number of alkyl halides is 1. The first-order chi connectivity index (χ1) is 8.52. The van der Waals surface area contributed by atoms with Crippen LogP contribution in [-0.4, -0.2) is 16.4 Å². The van der Waals surface area contributed by atoms with Crippen molar-refractivity contribution in [2.24, 2.45) is 0 Å². The van der Waals surface area contributed by atoms with Gasteiger partial charge in [0.2, 0.25) is 0 Å². The molecule has 1 rings (SSSR count). The van der Waals surface area contributed by atoms with E-state index in [9.17, 15) is 9.59 Å². The fourth-order valence-corrected chi connectivity index (χ4v) is 1.52. The van der Waals surface area contributed by atoms with Crippen LogP contribution < -0.4 is 0 Å². The normalized spacial score (nSPS) is 9.33. The Labute approximate surface area is 122 Å². The second-order valence-corrected chi connectivity index (χ2v) is 4.59. The van der Waals surface area contributed by atoms with Gasteiger partial charge in [0.1, 0.15) is 0 Å². The highest BCUT2D eigenvalue weighted by atomic mass is 35.5. The van der Waals surface area contributed by atoms with Crippen molar-refractivity contribution in [2.75, 3.05) is 5.88 Å². The summed E-state index contributed by atoms with van der Waals surface area (Å²) in [5, 5.41) is -1.10. The van der Waals surface area contributed by atoms with Crippen LogP contribution in [0.5, 0.6) is 0 Å². The molecule has 0 radical (unpaired) electrons. The van der Waals surface area contributed by atoms with E-state index in [2.05, 4.69) is 6.92 Å². The van der Waals surface area contributed by atoms with Crippen LogP contribution in [0.25, 0.3) is 0 Å². The molecule has 0 aliphatic carbocycles. The summed E-state index contributed by atoms with van der Waals surface area (Å²) >= 11 is 15.7. The number of carbonyl (C=O) groups excluding carboxylic acids is 2. The molecular formula is C13H15Cl3O2. The second-order valence-electron chi connectivity index (χ2n) is 3.52. The van der Waals surface area contributed by atoms with E-state index < -0.39 is 10.5 Å². The average molecular weight is 310 g/mol. The molecule has 0 spiro atoms. The number of hydrogen-bond donors (Lipinski definition) is 0. The van der Waals surface area contributed by atoms with E-state index in [0.29, 0.717) is 11.1 Å². The van der Waals surface area contributed by atoms with Crippen molar-refractivity contribution in [3.63, 3.8) is 0 Å². The number of carbonyl (C=O) groups is 2. The predicted octanol–water partition coefficient (Wildman–Crippen LogP) is 4.86. The minimum absolute atomic E-state index is 0.346. The van der Waals surface area contributed by atoms with Gasteiger partial charge in [0.25, 0.3) is 10.5 Å². The Kier molecular flexibility index (Phi) is 10.0. The van der Waals surface area contributed by atoms with Gasteiger partial charge in [0.05, 0.1) is 0 Å². The molecule has 0 bridgehead atoms. The molecule has 18 heavy (non-hydrogen) atoms. The molecule has 5 heteroatoms. The molecule has 1 aromatic rings. The van der Waals surface area contributed by atoms with Crippen molar-refractivity contribution < 1.29 is 9.59 Å². The predicted molar refractivity (Wildman–Crippen MR) is 77.1 cm³/mol. The Balaban J connectivity index is 0.000000411. The van der Waals surface area contributed by atoms with Gasteiger partial charge in [-0.25, -0.2) is 0 Å². The molecule has 0 fully saturated rings. The van der Waals surface area contributed by atoms with Gasteiger partial charge >= 0.3 is 0 Å². The van der Waals surface area contributed by atoms with E-state index in [-0.39, 0.29) is 0 Å². The maximum absolute atomic E-state index is 10.6. The molecule has 0 atom stereocenters. The fourth-order valence-electron chi connectivity index (χ4n) is 1.08. The topological polar surface area (TPSA) is 34.1 Å². The van der Waals surface area contributed by atoms with E-state index in [0.717, 1.165) is 5.88 Å². The Bertz CT molecular complexity index is 337. The van der Waals surface area contributed by atoms with Crippen LogP contribution in [-0.2, 0) is 0 Å². The van der Waals surface area contributed by atoms with E-state index in [1.807, 2.05) is 0 Å². The minimum atomic E-state index is -0.552. The zero-order valence-electron chi connectivity index (χ0n) is 10.1. The average Bonchev–Trinajstić information content (AvgIpc) is 2.37. The molecule has 0 unspecified atom stereocenters. The highest BCUT2D eigenvalue weighted by Crippen LogP contribution is 2.08. The molecule has 0 saturated heterocycles. The summed E-state index contributed by atoms with van der Waals surface area (Å²) in [5.74, 6) is 0.827. The monoisotopic (exact) mass is 308 g/mol. The molecule has 0 N–H and O–H groups in total. The third-order valence-electron chi connectivity index (χ3n) is 2.08. The third-order valence-corrected chi connectivity index (χ3v) is 2.78. The van der Waals surface area contributed by atoms with E-state index >= 15 is 0 Å². The summed E-state index contributed by atoms with van der Waals surface area (Å²) in [4.78, 5) is 21.1. The molecule has 2 nitrogen and oxygen atoms in total. The number of unbranched alkanes of at least 4 members (excludes halogenated alkanes) is 2. The van der Waals surface area contributed by atoms with Crippen LogP contribution in [0.2, 0.25) is 0 Å². The first kappa shape index (κ1) is 17.4. The number of benzene rings is 1. The van der Waals surface area contributed by atoms with Crippen LogP contribution in [0.3, 0.4) is 0 Å². The Morgan fingerprint density at radius 3 is 1.50 bits per heavy atom. The van der Waals surface area contributed by atoms with Crippen LogP contribution in [0.1, 0.15) is 46.9 Å². The summed E-state index contributed by atoms with van der Waals surface area (Å²) in [7, 11) is 0. The largest absolute Gasteiger partial charge is 0.276 e. The summed E-state index contributed by atoms with van der Waals surface area (Å²) in [5.41, 5.74) is 0.691. The number of hydrogen-bond acceptors (Lipinski definition) is 2. The van der Waals surface area contributed by atoms with Crippen LogP contribution in [0.15, 0.2) is 24.3 Å². The molecule has 0 aliphatic heterocycles. The summed E-state index contributed by atoms with van der Waals surface area (Å²) < 4.78 is 0. The molecular weight excluding hydrogens is 294 g/mol. The highest BCUT2D eigenvalue weighted by Gasteiger charge is 2.03. The number of halogens is 3. The van der Waals surface area contributed by atoms with E-state index in [1.165, 1.54) is 43.5 Å². The Morgan fingerprint density at radius 2 is 1.33 bits per heavy atom. The second kappa shape index (κ2) is 10.4. The SMILES string of the molecule is CCCCCCl.O=C(Cl)c1ccc(C(=O)Cl)cc1. The molecule has 0 saturated carbocycles. The molecule has 0 amide bonds. The smallest absolute Gasteiger partial charge is 0.252 e. The fraction of sp³-hybridized carbons (Fsp3) is 0.385. The Hall–Kier alpha value is -0.570. The van der Waals surface area contributed by atoms with Gasteiger partial charge in [-0.05, 0) is 53.9 Å². The van der Waals surface area contributed by atoms with E-state index in [1.54, 1.807) is 0 Å². The van der Waals surface area contributed by atoms with Gasteiger partial charge in [-0.1, -0.05) is 19.8 Å². The van der Waals surface area contributed by atoms with Crippen molar-refractivity contribution >= 4 is 45.3 Å². The van der Waals surface area contributed by atoms with Crippen LogP contribution in [0.4, 0.5) is 0 Å². The van der Waals surface area contributed by atoms with Gasteiger partial charge in [-0.2, -0.15) is 0 Å². The highest BCUT2D eigenvalue weighted by molar-refractivity contribution is 6.68. The van der Waals surface area contributed by atoms with E-state index in [4.69, 9.17) is 34.8 Å². The van der Waals surface area contributed by atoms with Crippen molar-refractivity contribution in [1.29, 1.82) is 0 Å². The van der Waals surface area contributed by atoms with Gasteiger partial charge in [-0.3, -0.25) is 9.59 Å². The summed E-state index contributed by atoms with van der Waals surface area (Å²) in [6.07, 6.45) is 3.73. The summed E-state index contributed by atoms with van der Waals surface area (Å²) in [6, 6.07) is 5.80. The molecule has 100 valence electrons. The van der Waals surface area contributed by atoms with Crippen molar-refractivity contribution in [3.8, 4) is 0 Å².